The van der Waals surface area contributed by atoms with Crippen molar-refractivity contribution in [2.75, 3.05) is 13.2 Å². The first-order valence-electron chi connectivity index (χ1n) is 3.42. The van der Waals surface area contributed by atoms with Crippen molar-refractivity contribution >= 4 is 0 Å². The van der Waals surface area contributed by atoms with Gasteiger partial charge >= 0.3 is 0 Å². The predicted molar refractivity (Wildman–Crippen MR) is 42.9 cm³/mol. The number of rotatable bonds is 1. The molecule has 0 unspecified atom stereocenters. The van der Waals surface area contributed by atoms with Crippen LogP contribution in [0.5, 0.6) is 0 Å². The van der Waals surface area contributed by atoms with E-state index in [-0.39, 0.29) is 0 Å². The van der Waals surface area contributed by atoms with E-state index >= 15 is 0 Å². The highest BCUT2D eigenvalue weighted by atomic mass is 16.5. The van der Waals surface area contributed by atoms with Crippen LogP contribution in [-0.2, 0) is 4.74 Å². The van der Waals surface area contributed by atoms with Crippen LogP contribution >= 0.6 is 0 Å². The summed E-state index contributed by atoms with van der Waals surface area (Å²) in [6.45, 7) is 7.15. The summed E-state index contributed by atoms with van der Waals surface area (Å²) in [6, 6.07) is 0. The Morgan fingerprint density at radius 2 is 2.40 bits per heavy atom. The fraction of sp³-hybridized carbons (Fsp3) is 0.333. The third-order valence-corrected chi connectivity index (χ3v) is 1.54. The van der Waals surface area contributed by atoms with Crippen molar-refractivity contribution in [2.45, 2.75) is 6.92 Å². The smallest absolute Gasteiger partial charge is 0.0721 e. The van der Waals surface area contributed by atoms with Crippen molar-refractivity contribution in [1.82, 2.24) is 0 Å². The molecule has 0 amide bonds. The first-order valence-corrected chi connectivity index (χ1v) is 3.42. The zero-order valence-corrected chi connectivity index (χ0v) is 6.26. The molecular formula is C9H12O. The van der Waals surface area contributed by atoms with Gasteiger partial charge in [-0.15, -0.1) is 0 Å². The Hall–Kier alpha value is -0.820. The number of allylic oxidation sites excluding steroid dienone is 1. The third-order valence-electron chi connectivity index (χ3n) is 1.54. The maximum atomic E-state index is 5.27. The Morgan fingerprint density at radius 3 is 3.00 bits per heavy atom. The topological polar surface area (TPSA) is 9.23 Å². The molecule has 0 radical (unpaired) electrons. The van der Waals surface area contributed by atoms with Gasteiger partial charge in [-0.05, 0) is 18.1 Å². The van der Waals surface area contributed by atoms with Crippen molar-refractivity contribution in [2.24, 2.45) is 0 Å². The monoisotopic (exact) mass is 136 g/mol. The highest BCUT2D eigenvalue weighted by Gasteiger charge is 2.02. The van der Waals surface area contributed by atoms with Gasteiger partial charge in [0.05, 0.1) is 13.2 Å². The Bertz CT molecular complexity index is 187. The normalized spacial score (nSPS) is 22.5. The number of ether oxygens (including phenoxy) is 1. The first-order chi connectivity index (χ1) is 4.86. The summed E-state index contributed by atoms with van der Waals surface area (Å²) >= 11 is 0. The molecule has 0 N–H and O–H groups in total. The lowest BCUT2D eigenvalue weighted by atomic mass is 10.1. The largest absolute Gasteiger partial charge is 0.372 e. The summed E-state index contributed by atoms with van der Waals surface area (Å²) in [5, 5.41) is 0. The summed E-state index contributed by atoms with van der Waals surface area (Å²) in [7, 11) is 0. The molecule has 0 saturated carbocycles. The maximum absolute atomic E-state index is 5.27. The highest BCUT2D eigenvalue weighted by molar-refractivity contribution is 5.31. The second kappa shape index (κ2) is 3.37. The van der Waals surface area contributed by atoms with Gasteiger partial charge in [-0.3, -0.25) is 0 Å². The van der Waals surface area contributed by atoms with Gasteiger partial charge in [0.25, 0.3) is 0 Å². The molecule has 1 heterocycles. The van der Waals surface area contributed by atoms with E-state index in [4.69, 9.17) is 4.74 Å². The summed E-state index contributed by atoms with van der Waals surface area (Å²) in [4.78, 5) is 0. The van der Waals surface area contributed by atoms with Gasteiger partial charge in [-0.2, -0.15) is 0 Å². The molecule has 54 valence electrons. The van der Waals surface area contributed by atoms with Gasteiger partial charge in [-0.1, -0.05) is 24.8 Å². The lowest BCUT2D eigenvalue weighted by Crippen LogP contribution is -2.06. The van der Waals surface area contributed by atoms with E-state index in [2.05, 4.69) is 18.7 Å². The fourth-order valence-corrected chi connectivity index (χ4v) is 0.893. The highest BCUT2D eigenvalue weighted by Crippen LogP contribution is 2.11. The minimum absolute atomic E-state index is 0.709. The summed E-state index contributed by atoms with van der Waals surface area (Å²) < 4.78 is 5.27. The van der Waals surface area contributed by atoms with Crippen LogP contribution in [0.25, 0.3) is 0 Å². The summed E-state index contributed by atoms with van der Waals surface area (Å²) in [5.74, 6) is 0. The molecule has 0 bridgehead atoms. The molecule has 0 fully saturated rings. The van der Waals surface area contributed by atoms with Crippen LogP contribution in [0, 0.1) is 0 Å². The Labute approximate surface area is 61.7 Å². The molecule has 0 saturated heterocycles. The van der Waals surface area contributed by atoms with E-state index in [9.17, 15) is 0 Å². The van der Waals surface area contributed by atoms with E-state index in [0.717, 1.165) is 6.61 Å². The number of hydrogen-bond donors (Lipinski definition) is 0. The summed E-state index contributed by atoms with van der Waals surface area (Å²) in [6.07, 6.45) is 6.02. The minimum Gasteiger partial charge on any atom is -0.372 e. The van der Waals surface area contributed by atoms with Crippen molar-refractivity contribution in [3.05, 3.63) is 36.0 Å². The van der Waals surface area contributed by atoms with E-state index in [0.29, 0.717) is 6.61 Å². The zero-order valence-electron chi connectivity index (χ0n) is 6.26. The Balaban J connectivity index is 2.75. The minimum atomic E-state index is 0.709. The zero-order chi connectivity index (χ0) is 7.40. The average Bonchev–Trinajstić information content (AvgIpc) is 2.05. The van der Waals surface area contributed by atoms with Crippen LogP contribution in [0.4, 0.5) is 0 Å². The van der Waals surface area contributed by atoms with Gasteiger partial charge in [0, 0.05) is 0 Å². The van der Waals surface area contributed by atoms with Gasteiger partial charge in [0.2, 0.25) is 0 Å². The Morgan fingerprint density at radius 1 is 1.60 bits per heavy atom. The van der Waals surface area contributed by atoms with Crippen LogP contribution in [-0.4, -0.2) is 13.2 Å². The van der Waals surface area contributed by atoms with E-state index in [1.54, 1.807) is 0 Å². The molecule has 1 nitrogen and oxygen atoms in total. The molecule has 0 spiro atoms. The molecular weight excluding hydrogens is 124 g/mol. The average molecular weight is 136 g/mol. The number of hydrogen-bond acceptors (Lipinski definition) is 1. The molecule has 0 aromatic rings. The van der Waals surface area contributed by atoms with Gasteiger partial charge in [-0.25, -0.2) is 0 Å². The second-order valence-electron chi connectivity index (χ2n) is 2.28. The van der Waals surface area contributed by atoms with E-state index in [1.165, 1.54) is 11.1 Å². The predicted octanol–water partition coefficient (Wildman–Crippen LogP) is 2.08. The van der Waals surface area contributed by atoms with E-state index in [1.807, 2.05) is 13.0 Å². The molecule has 0 aromatic carbocycles. The van der Waals surface area contributed by atoms with Crippen LogP contribution in [0.15, 0.2) is 36.0 Å². The molecule has 1 aliphatic heterocycles. The van der Waals surface area contributed by atoms with E-state index < -0.39 is 0 Å². The molecule has 0 aromatic heterocycles. The lowest BCUT2D eigenvalue weighted by Gasteiger charge is -2.12. The fourth-order valence-electron chi connectivity index (χ4n) is 0.893. The quantitative estimate of drug-likeness (QED) is 0.536. The van der Waals surface area contributed by atoms with Gasteiger partial charge in [0.15, 0.2) is 0 Å². The van der Waals surface area contributed by atoms with Gasteiger partial charge < -0.3 is 4.74 Å². The van der Waals surface area contributed by atoms with Crippen molar-refractivity contribution < 1.29 is 4.74 Å². The van der Waals surface area contributed by atoms with Crippen molar-refractivity contribution in [3.8, 4) is 0 Å². The summed E-state index contributed by atoms with van der Waals surface area (Å²) in [5.41, 5.74) is 2.40. The Kier molecular flexibility index (Phi) is 2.46. The van der Waals surface area contributed by atoms with Crippen LogP contribution in [0.2, 0.25) is 0 Å². The van der Waals surface area contributed by atoms with Crippen molar-refractivity contribution in [3.63, 3.8) is 0 Å². The standard InChI is InChI=1S/C9H12O/c1-3-8-5-9(4-2)7-10-6-8/h3-5H,1,6-7H2,2H3. The molecule has 0 aliphatic carbocycles. The SMILES string of the molecule is C=CC1=CC(=CC)COC1. The van der Waals surface area contributed by atoms with Crippen LogP contribution in [0.1, 0.15) is 6.92 Å². The molecule has 1 rings (SSSR count). The van der Waals surface area contributed by atoms with Gasteiger partial charge in [0.1, 0.15) is 0 Å². The second-order valence-corrected chi connectivity index (χ2v) is 2.28. The lowest BCUT2D eigenvalue weighted by molar-refractivity contribution is 0.177. The van der Waals surface area contributed by atoms with Crippen molar-refractivity contribution in [1.29, 1.82) is 0 Å². The maximum Gasteiger partial charge on any atom is 0.0721 e. The molecule has 1 aliphatic rings. The molecule has 1 heteroatoms. The first kappa shape index (κ1) is 7.29. The third kappa shape index (κ3) is 1.58. The van der Waals surface area contributed by atoms with Crippen LogP contribution < -0.4 is 0 Å². The molecule has 0 atom stereocenters. The molecule has 10 heavy (non-hydrogen) atoms. The van der Waals surface area contributed by atoms with Crippen LogP contribution in [0.3, 0.4) is 0 Å².